The fourth-order valence-electron chi connectivity index (χ4n) is 2.79. The first-order chi connectivity index (χ1) is 13.2. The van der Waals surface area contributed by atoms with Crippen molar-refractivity contribution in [3.63, 3.8) is 0 Å². The van der Waals surface area contributed by atoms with Gasteiger partial charge in [-0.15, -0.1) is 0 Å². The molecule has 21 heteroatoms. The Hall–Kier alpha value is 0.720. The molecule has 184 valence electrons. The fraction of sp³-hybridized carbons (Fsp3) is 1.00. The molecule has 0 spiro atoms. The molecule has 1 rings (SSSR count). The third-order valence-corrected chi connectivity index (χ3v) is 5.68. The summed E-state index contributed by atoms with van der Waals surface area (Å²) in [6.45, 7) is 2.83. The van der Waals surface area contributed by atoms with Gasteiger partial charge < -0.3 is 0 Å². The number of ether oxygens (including phenoxy) is 1. The van der Waals surface area contributed by atoms with E-state index in [2.05, 4.69) is 18.1 Å². The van der Waals surface area contributed by atoms with E-state index in [0.29, 0.717) is 0 Å². The van der Waals surface area contributed by atoms with Crippen molar-refractivity contribution >= 4 is 32.0 Å². The standard InChI is InChI=1S/C9H26O17P4/c1-4(2)22-7-5(23-27(10,11)12)3-6(24-28(13,14)15)8(25-29(16,17)18)9(7)26-30(19,20)21/h4-9,13-18,28-29H,3H2,1-2H3,(H2,10,11,12)(H2,19,20,21)/t5?,6?,7-,8?,9?/m0/s1. The van der Waals surface area contributed by atoms with Gasteiger partial charge in [0.1, 0.15) is 0 Å². The van der Waals surface area contributed by atoms with Crippen LogP contribution in [0.5, 0.6) is 0 Å². The van der Waals surface area contributed by atoms with Crippen molar-refractivity contribution in [2.75, 3.05) is 0 Å². The first-order valence-electron chi connectivity index (χ1n) is 8.00. The molecule has 10 N–H and O–H groups in total. The Morgan fingerprint density at radius 3 is 1.57 bits per heavy atom. The Bertz CT molecular complexity index is 647. The number of rotatable bonds is 10. The van der Waals surface area contributed by atoms with Crippen LogP contribution in [-0.4, -0.2) is 85.6 Å². The van der Waals surface area contributed by atoms with Crippen molar-refractivity contribution < 1.29 is 80.9 Å². The summed E-state index contributed by atoms with van der Waals surface area (Å²) in [7, 11) is -21.7. The Morgan fingerprint density at radius 1 is 0.733 bits per heavy atom. The maximum atomic E-state index is 11.4. The van der Waals surface area contributed by atoms with E-state index >= 15 is 0 Å². The van der Waals surface area contributed by atoms with Crippen LogP contribution in [-0.2, 0) is 32.0 Å². The van der Waals surface area contributed by atoms with Gasteiger partial charge in [-0.05, 0) is 0 Å². The number of hydrogen-bond acceptors (Lipinski definition) is 13. The van der Waals surface area contributed by atoms with Crippen LogP contribution in [0.15, 0.2) is 0 Å². The quantitative estimate of drug-likeness (QED) is 0.133. The van der Waals surface area contributed by atoms with Crippen LogP contribution in [0.4, 0.5) is 0 Å². The second-order valence-corrected chi connectivity index (χ2v) is 11.6. The molecule has 0 radical (unpaired) electrons. The van der Waals surface area contributed by atoms with Crippen molar-refractivity contribution in [2.24, 2.45) is 0 Å². The van der Waals surface area contributed by atoms with Gasteiger partial charge >= 0.3 is 170 Å². The average Bonchev–Trinajstić information content (AvgIpc) is 2.40. The topological polar surface area (TPSA) is 283 Å². The van der Waals surface area contributed by atoms with Gasteiger partial charge in [0, 0.05) is 0 Å². The summed E-state index contributed by atoms with van der Waals surface area (Å²) in [4.78, 5) is 92.1. The Balaban J connectivity index is 3.51. The summed E-state index contributed by atoms with van der Waals surface area (Å²) in [6.07, 6.45) is -11.5. The molecule has 1 aliphatic rings. The first kappa shape index (κ1) is 28.8. The van der Waals surface area contributed by atoms with Crippen LogP contribution in [0.3, 0.4) is 0 Å². The Kier molecular flexibility index (Phi) is 9.90. The molecule has 1 aliphatic carbocycles. The molecule has 1 fully saturated rings. The van der Waals surface area contributed by atoms with E-state index < -0.39 is 75.0 Å². The molecule has 0 aromatic heterocycles. The van der Waals surface area contributed by atoms with Gasteiger partial charge in [0.15, 0.2) is 0 Å². The summed E-state index contributed by atoms with van der Waals surface area (Å²) >= 11 is 0. The summed E-state index contributed by atoms with van der Waals surface area (Å²) in [6, 6.07) is 0. The third-order valence-electron chi connectivity index (χ3n) is 3.41. The average molecular weight is 530 g/mol. The molecule has 0 amide bonds. The van der Waals surface area contributed by atoms with Gasteiger partial charge in [0.2, 0.25) is 0 Å². The van der Waals surface area contributed by atoms with Crippen molar-refractivity contribution in [1.29, 1.82) is 0 Å². The van der Waals surface area contributed by atoms with E-state index in [-0.39, 0.29) is 0 Å². The summed E-state index contributed by atoms with van der Waals surface area (Å²) in [5, 5.41) is 0. The van der Waals surface area contributed by atoms with E-state index in [1.54, 1.807) is 0 Å². The zero-order chi connectivity index (χ0) is 23.7. The summed E-state index contributed by atoms with van der Waals surface area (Å²) in [5.41, 5.74) is 0. The van der Waals surface area contributed by atoms with E-state index in [0.717, 1.165) is 0 Å². The second-order valence-electron chi connectivity index (χ2n) is 6.47. The molecule has 17 nitrogen and oxygen atoms in total. The van der Waals surface area contributed by atoms with Crippen LogP contribution in [0.2, 0.25) is 0 Å². The number of phosphoric ester groups is 2. The van der Waals surface area contributed by atoms with Gasteiger partial charge in [-0.1, -0.05) is 0 Å². The predicted octanol–water partition coefficient (Wildman–Crippen LogP) is -2.32. The van der Waals surface area contributed by atoms with Gasteiger partial charge in [0.05, 0.1) is 0 Å². The summed E-state index contributed by atoms with van der Waals surface area (Å²) in [5.74, 6) is 0. The van der Waals surface area contributed by atoms with Crippen molar-refractivity contribution in [2.45, 2.75) is 56.9 Å². The van der Waals surface area contributed by atoms with Crippen molar-refractivity contribution in [3.05, 3.63) is 0 Å². The molecule has 5 atom stereocenters. The van der Waals surface area contributed by atoms with Gasteiger partial charge in [-0.2, -0.15) is 0 Å². The molecular weight excluding hydrogens is 504 g/mol. The van der Waals surface area contributed by atoms with Crippen LogP contribution in [0.1, 0.15) is 20.3 Å². The monoisotopic (exact) mass is 530 g/mol. The number of phosphoric acid groups is 2. The van der Waals surface area contributed by atoms with Crippen molar-refractivity contribution in [3.8, 4) is 0 Å². The Labute approximate surface area is 170 Å². The van der Waals surface area contributed by atoms with Gasteiger partial charge in [0.25, 0.3) is 0 Å². The number of hydrogen-bond donors (Lipinski definition) is 10. The van der Waals surface area contributed by atoms with Crippen LogP contribution < -0.4 is 0 Å². The van der Waals surface area contributed by atoms with Crippen molar-refractivity contribution in [1.82, 2.24) is 0 Å². The Morgan fingerprint density at radius 2 is 1.20 bits per heavy atom. The molecule has 30 heavy (non-hydrogen) atoms. The second kappa shape index (κ2) is 10.3. The predicted molar refractivity (Wildman–Crippen MR) is 98.1 cm³/mol. The minimum atomic E-state index is -5.51. The van der Waals surface area contributed by atoms with Crippen LogP contribution in [0.25, 0.3) is 0 Å². The normalized spacial score (nSPS) is 30.5. The molecule has 1 saturated carbocycles. The van der Waals surface area contributed by atoms with E-state index in [4.69, 9.17) is 14.5 Å². The SMILES string of the molecule is CC(C)O[C@H]1C(OP(=O)(O)O)CC(O[PH](O)(O)O)C(O[PH](O)(O)O)C1OP(=O)(O)O. The van der Waals surface area contributed by atoms with Crippen LogP contribution >= 0.6 is 32.0 Å². The first-order valence-corrected chi connectivity index (χ1v) is 14.6. The molecule has 0 saturated heterocycles. The minimum absolute atomic E-state index is 0.778. The van der Waals surface area contributed by atoms with Crippen LogP contribution in [0, 0.1) is 0 Å². The van der Waals surface area contributed by atoms with Gasteiger partial charge in [-0.25, -0.2) is 0 Å². The molecule has 0 aliphatic heterocycles. The molecule has 4 unspecified atom stereocenters. The molecule has 0 aromatic carbocycles. The molecule has 0 heterocycles. The molecule has 0 bridgehead atoms. The maximum absolute atomic E-state index is 11.4. The zero-order valence-corrected chi connectivity index (χ0v) is 19.2. The van der Waals surface area contributed by atoms with Gasteiger partial charge in [-0.3, -0.25) is 0 Å². The van der Waals surface area contributed by atoms with E-state index in [9.17, 15) is 48.3 Å². The molecular formula is C9H26O17P4. The molecule has 0 aromatic rings. The van der Waals surface area contributed by atoms with E-state index in [1.807, 2.05) is 0 Å². The van der Waals surface area contributed by atoms with E-state index in [1.165, 1.54) is 13.8 Å². The third kappa shape index (κ3) is 11.0. The fourth-order valence-corrected chi connectivity index (χ4v) is 5.19. The summed E-state index contributed by atoms with van der Waals surface area (Å²) < 4.78 is 46.2. The zero-order valence-electron chi connectivity index (χ0n) is 15.4.